The molecule has 7 aromatic rings. The van der Waals surface area contributed by atoms with E-state index in [1.165, 1.54) is 24.7 Å². The van der Waals surface area contributed by atoms with E-state index in [4.69, 9.17) is 4.42 Å². The number of nitrogens with one attached hydrogen (secondary N) is 4. The summed E-state index contributed by atoms with van der Waals surface area (Å²) in [5.41, 5.74) is 3.48. The summed E-state index contributed by atoms with van der Waals surface area (Å²) in [6.07, 6.45) is 5.24. The highest BCUT2D eigenvalue weighted by Crippen LogP contribution is 2.42. The average Bonchev–Trinajstić information content (AvgIpc) is 3.82. The molecule has 0 fully saturated rings. The topological polar surface area (TPSA) is 220 Å². The Kier molecular flexibility index (Phi) is 14.3. The molecule has 0 unspecified atom stereocenters. The number of hydrogen-bond donors (Lipinski definition) is 5. The van der Waals surface area contributed by atoms with Crippen molar-refractivity contribution in [1.82, 2.24) is 24.8 Å². The van der Waals surface area contributed by atoms with Crippen molar-refractivity contribution in [2.75, 3.05) is 49.7 Å². The third-order valence-electron chi connectivity index (χ3n) is 12.5. The van der Waals surface area contributed by atoms with Crippen LogP contribution >= 0.6 is 0 Å². The van der Waals surface area contributed by atoms with Gasteiger partial charge in [-0.1, -0.05) is 36.4 Å². The number of fused-ring (bicyclic) bond motifs is 3. The van der Waals surface area contributed by atoms with Gasteiger partial charge < -0.3 is 30.0 Å². The number of rotatable bonds is 17. The fourth-order valence-corrected chi connectivity index (χ4v) is 9.87. The molecule has 3 aromatic heterocycles. The number of carbonyl (C=O) groups is 4. The number of halogens is 2. The van der Waals surface area contributed by atoms with Crippen molar-refractivity contribution in [2.24, 2.45) is 0 Å². The molecule has 9 rings (SSSR count). The number of anilines is 3. The van der Waals surface area contributed by atoms with E-state index in [1.54, 1.807) is 60.7 Å². The SMILES string of the molecule is CN(C)c1ccc2c(-c3ccc(C(=O)NCCCCC(=O)Nc4ccc(-c5cnc6[nH]cc(C(=O)c7c(F)ccc(NS(=O)(=O)Cc8ccccc8)c7F)c6c5)cn4)cc3C(=O)O)c3ccc(=[N+](C)C)cc-3oc2c1. The first-order valence-electron chi connectivity index (χ1n) is 23.6. The monoisotopic (exact) mass is 1030 g/mol. The first-order valence-corrected chi connectivity index (χ1v) is 25.2. The van der Waals surface area contributed by atoms with E-state index in [0.717, 1.165) is 23.2 Å². The second-order valence-electron chi connectivity index (χ2n) is 18.2. The van der Waals surface area contributed by atoms with Crippen LogP contribution in [0, 0.1) is 11.6 Å². The minimum Gasteiger partial charge on any atom is -0.478 e. The Morgan fingerprint density at radius 2 is 1.57 bits per heavy atom. The Labute approximate surface area is 428 Å². The summed E-state index contributed by atoms with van der Waals surface area (Å²) in [5, 5.41) is 17.9. The Hall–Kier alpha value is -9.10. The number of benzene rings is 5. The lowest BCUT2D eigenvalue weighted by atomic mass is 9.89. The smallest absolute Gasteiger partial charge is 0.336 e. The molecule has 19 heteroatoms. The van der Waals surface area contributed by atoms with Crippen molar-refractivity contribution in [2.45, 2.75) is 25.0 Å². The maximum Gasteiger partial charge on any atom is 0.336 e. The molecule has 5 N–H and O–H groups in total. The number of pyridine rings is 2. The molecular formula is C56H49F2N8O8S+. The molecule has 1 aliphatic carbocycles. The van der Waals surface area contributed by atoms with Crippen molar-refractivity contribution in [3.05, 3.63) is 179 Å². The van der Waals surface area contributed by atoms with E-state index in [2.05, 4.69) is 30.3 Å². The normalized spacial score (nSPS) is 11.4. The molecule has 0 radical (unpaired) electrons. The standard InChI is InChI=1S/C56H48F2N8O8S/c1-65(2)36-15-18-39-46(26-36)74-47-27-37(66(3)4)16-19-40(47)50(39)38-17-13-33(24-42(38)56(70)71)55(69)59-23-9-8-12-49(67)63-48-22-14-34(28-60-48)35-25-41-43(30-62-54(41)61-29-35)53(68)51-44(57)20-21-45(52(51)58)64-75(72,73)31-32-10-6-5-7-11-32/h5-7,10-11,13-22,24-30,59,64H,8-9,12,23,31H2,1-4H3,(H2,69,70,71)/p+1. The zero-order valence-electron chi connectivity index (χ0n) is 41.0. The van der Waals surface area contributed by atoms with Crippen molar-refractivity contribution in [1.29, 1.82) is 0 Å². The number of nitrogens with zero attached hydrogens (tertiary/aromatic N) is 4. The first kappa shape index (κ1) is 50.8. The number of aromatic amines is 1. The van der Waals surface area contributed by atoms with E-state index in [9.17, 15) is 32.7 Å². The van der Waals surface area contributed by atoms with Gasteiger partial charge in [-0.05, 0) is 84.6 Å². The van der Waals surface area contributed by atoms with Crippen LogP contribution in [0.1, 0.15) is 61.5 Å². The van der Waals surface area contributed by atoms with E-state index >= 15 is 8.78 Å². The van der Waals surface area contributed by atoms with Gasteiger partial charge in [0, 0.05) is 108 Å². The number of aromatic nitrogens is 3. The van der Waals surface area contributed by atoms with Crippen LogP contribution in [0.5, 0.6) is 0 Å². The van der Waals surface area contributed by atoms with Gasteiger partial charge in [0.05, 0.1) is 28.6 Å². The van der Waals surface area contributed by atoms with Crippen LogP contribution in [0.3, 0.4) is 0 Å². The number of carboxylic acid groups (broad SMARTS) is 1. The average molecular weight is 1030 g/mol. The Morgan fingerprint density at radius 3 is 2.31 bits per heavy atom. The number of hydrogen-bond acceptors (Lipinski definition) is 10. The van der Waals surface area contributed by atoms with E-state index < -0.39 is 56.3 Å². The minimum atomic E-state index is -4.14. The third kappa shape index (κ3) is 11.0. The molecule has 380 valence electrons. The van der Waals surface area contributed by atoms with E-state index in [-0.39, 0.29) is 52.4 Å². The van der Waals surface area contributed by atoms with Crippen molar-refractivity contribution >= 4 is 72.8 Å². The largest absolute Gasteiger partial charge is 0.478 e. The number of sulfonamides is 1. The third-order valence-corrected chi connectivity index (χ3v) is 13.8. The zero-order valence-corrected chi connectivity index (χ0v) is 41.8. The Balaban J connectivity index is 0.813. The minimum absolute atomic E-state index is 0.0527. The molecular weight excluding hydrogens is 983 g/mol. The van der Waals surface area contributed by atoms with Gasteiger partial charge in [-0.25, -0.2) is 36.5 Å². The summed E-state index contributed by atoms with van der Waals surface area (Å²) in [6.45, 7) is 0.223. The first-order chi connectivity index (χ1) is 35.9. The van der Waals surface area contributed by atoms with E-state index in [0.29, 0.717) is 63.0 Å². The maximum atomic E-state index is 15.8. The predicted octanol–water partition coefficient (Wildman–Crippen LogP) is 8.93. The number of unbranched alkanes of at least 4 members (excludes halogenated alkanes) is 1. The van der Waals surface area contributed by atoms with Gasteiger partial charge in [0.1, 0.15) is 42.7 Å². The highest BCUT2D eigenvalue weighted by molar-refractivity contribution is 7.91. The molecule has 0 bridgehead atoms. The molecule has 4 aromatic carbocycles. The van der Waals surface area contributed by atoms with Crippen LogP contribution in [-0.2, 0) is 20.6 Å². The lowest BCUT2D eigenvalue weighted by Gasteiger charge is -2.19. The van der Waals surface area contributed by atoms with Gasteiger partial charge in [-0.15, -0.1) is 0 Å². The van der Waals surface area contributed by atoms with Gasteiger partial charge in [-0.3, -0.25) is 19.1 Å². The van der Waals surface area contributed by atoms with Crippen LogP contribution in [0.4, 0.5) is 26.0 Å². The number of carboxylic acids is 1. The quantitative estimate of drug-likeness (QED) is 0.0251. The molecule has 0 saturated heterocycles. The summed E-state index contributed by atoms with van der Waals surface area (Å²) in [6, 6.07) is 30.9. The van der Waals surface area contributed by atoms with Gasteiger partial charge in [0.25, 0.3) is 5.91 Å². The van der Waals surface area contributed by atoms with Crippen LogP contribution in [0.15, 0.2) is 138 Å². The number of H-pyrrole nitrogens is 1. The molecule has 0 spiro atoms. The Morgan fingerprint density at radius 1 is 0.800 bits per heavy atom. The summed E-state index contributed by atoms with van der Waals surface area (Å²) in [4.78, 5) is 66.4. The van der Waals surface area contributed by atoms with Crippen LogP contribution < -0.4 is 30.2 Å². The molecule has 2 amide bonds. The fraction of sp³-hybridized carbons (Fsp3) is 0.161. The Bertz CT molecular complexity index is 3870. The maximum absolute atomic E-state index is 15.8. The van der Waals surface area contributed by atoms with E-state index in [1.807, 2.05) is 74.1 Å². The number of amides is 2. The molecule has 0 atom stereocenters. The zero-order chi connectivity index (χ0) is 53.1. The highest BCUT2D eigenvalue weighted by Gasteiger charge is 2.27. The molecule has 4 heterocycles. The summed E-state index contributed by atoms with van der Waals surface area (Å²) in [5.74, 6) is -5.23. The number of ketones is 1. The fourth-order valence-electron chi connectivity index (χ4n) is 8.67. The number of carbonyl (C=O) groups excluding carboxylic acids is 3. The summed E-state index contributed by atoms with van der Waals surface area (Å²) >= 11 is 0. The van der Waals surface area contributed by atoms with Crippen LogP contribution in [0.25, 0.3) is 55.6 Å². The molecule has 1 aliphatic heterocycles. The predicted molar refractivity (Wildman–Crippen MR) is 283 cm³/mol. The lowest BCUT2D eigenvalue weighted by Crippen LogP contribution is -2.25. The molecule has 16 nitrogen and oxygen atoms in total. The van der Waals surface area contributed by atoms with Crippen molar-refractivity contribution < 1.29 is 45.9 Å². The van der Waals surface area contributed by atoms with Gasteiger partial charge >= 0.3 is 5.97 Å². The highest BCUT2D eigenvalue weighted by atomic mass is 32.2. The molecule has 2 aliphatic rings. The lowest BCUT2D eigenvalue weighted by molar-refractivity contribution is -0.116. The second-order valence-corrected chi connectivity index (χ2v) is 19.9. The second kappa shape index (κ2) is 21.2. The van der Waals surface area contributed by atoms with Gasteiger partial charge in [0.2, 0.25) is 27.1 Å². The van der Waals surface area contributed by atoms with Crippen molar-refractivity contribution in [3.63, 3.8) is 0 Å². The number of aromatic carboxylic acids is 1. The van der Waals surface area contributed by atoms with Gasteiger partial charge in [-0.2, -0.15) is 0 Å². The summed E-state index contributed by atoms with van der Waals surface area (Å²) in [7, 11) is 3.55. The van der Waals surface area contributed by atoms with Crippen molar-refractivity contribution in [3.8, 4) is 33.6 Å². The molecule has 0 saturated carbocycles. The van der Waals surface area contributed by atoms with Crippen LogP contribution in [-0.4, -0.2) is 86.8 Å². The van der Waals surface area contributed by atoms with Gasteiger partial charge in [0.15, 0.2) is 5.82 Å². The van der Waals surface area contributed by atoms with Crippen LogP contribution in [0.2, 0.25) is 0 Å². The molecule has 75 heavy (non-hydrogen) atoms. The summed E-state index contributed by atoms with van der Waals surface area (Å²) < 4.78 is 67.2.